The summed E-state index contributed by atoms with van der Waals surface area (Å²) in [5.74, 6) is 1.48. The molecule has 2 rings (SSSR count). The minimum absolute atomic E-state index is 0.0446. The van der Waals surface area contributed by atoms with Gasteiger partial charge in [-0.15, -0.1) is 0 Å². The Morgan fingerprint density at radius 3 is 2.75 bits per heavy atom. The Labute approximate surface area is 155 Å². The summed E-state index contributed by atoms with van der Waals surface area (Å²) in [6.07, 6.45) is 2.75. The normalized spacial score (nSPS) is 10.5. The van der Waals surface area contributed by atoms with E-state index in [0.717, 1.165) is 20.8 Å². The van der Waals surface area contributed by atoms with Crippen molar-refractivity contribution in [3.05, 3.63) is 51.6 Å². The molecule has 1 aromatic heterocycles. The number of hydrogen-bond donors (Lipinski definition) is 0. The fraction of sp³-hybridized carbons (Fsp3) is 0.333. The zero-order chi connectivity index (χ0) is 17.5. The minimum Gasteiger partial charge on any atom is -0.494 e. The maximum Gasteiger partial charge on any atom is 0.228 e. The molecule has 128 valence electrons. The third-order valence-corrected chi connectivity index (χ3v) is 4.43. The molecule has 1 amide bonds. The molecule has 0 saturated carbocycles. The smallest absolute Gasteiger partial charge is 0.228 e. The molecule has 0 radical (unpaired) electrons. The quantitative estimate of drug-likeness (QED) is 0.601. The van der Waals surface area contributed by atoms with Gasteiger partial charge in [0.1, 0.15) is 11.6 Å². The standard InChI is InChI=1S/C18H20BrClN2O2/c1-3-22(17-9-6-14(19)12-21-17)18(23)5-4-10-24-15-7-8-16(20)13(2)11-15/h6-9,11-12H,3-5,10H2,1-2H3. The van der Waals surface area contributed by atoms with E-state index in [1.54, 1.807) is 11.1 Å². The Bertz CT molecular complexity index is 692. The van der Waals surface area contributed by atoms with Gasteiger partial charge in [-0.05, 0) is 72.1 Å². The maximum atomic E-state index is 12.4. The Kier molecular flexibility index (Phi) is 7.06. The van der Waals surface area contributed by atoms with Gasteiger partial charge in [0, 0.05) is 28.7 Å². The van der Waals surface area contributed by atoms with E-state index in [1.165, 1.54) is 0 Å². The Hall–Kier alpha value is -1.59. The van der Waals surface area contributed by atoms with Crippen molar-refractivity contribution in [3.8, 4) is 5.75 Å². The van der Waals surface area contributed by atoms with E-state index < -0.39 is 0 Å². The van der Waals surface area contributed by atoms with E-state index in [9.17, 15) is 4.79 Å². The lowest BCUT2D eigenvalue weighted by Crippen LogP contribution is -2.31. The number of aromatic nitrogens is 1. The van der Waals surface area contributed by atoms with Gasteiger partial charge >= 0.3 is 0 Å². The molecule has 0 aliphatic carbocycles. The number of rotatable bonds is 7. The number of halogens is 2. The molecule has 0 aliphatic rings. The topological polar surface area (TPSA) is 42.4 Å². The number of aryl methyl sites for hydroxylation is 1. The molecule has 0 saturated heterocycles. The zero-order valence-electron chi connectivity index (χ0n) is 13.8. The second kappa shape index (κ2) is 9.04. The van der Waals surface area contributed by atoms with E-state index in [-0.39, 0.29) is 5.91 Å². The van der Waals surface area contributed by atoms with Crippen molar-refractivity contribution in [2.45, 2.75) is 26.7 Å². The average Bonchev–Trinajstić information content (AvgIpc) is 2.57. The number of hydrogen-bond acceptors (Lipinski definition) is 3. The molecule has 1 heterocycles. The van der Waals surface area contributed by atoms with Crippen molar-refractivity contribution in [3.63, 3.8) is 0 Å². The first-order chi connectivity index (χ1) is 11.5. The van der Waals surface area contributed by atoms with Gasteiger partial charge in [0.05, 0.1) is 6.61 Å². The van der Waals surface area contributed by atoms with E-state index >= 15 is 0 Å². The van der Waals surface area contributed by atoms with Gasteiger partial charge in [-0.25, -0.2) is 4.98 Å². The molecule has 0 atom stereocenters. The fourth-order valence-electron chi connectivity index (χ4n) is 2.25. The van der Waals surface area contributed by atoms with E-state index in [0.29, 0.717) is 31.8 Å². The van der Waals surface area contributed by atoms with Gasteiger partial charge in [-0.1, -0.05) is 11.6 Å². The summed E-state index contributed by atoms with van der Waals surface area (Å²) in [6, 6.07) is 9.26. The zero-order valence-corrected chi connectivity index (χ0v) is 16.1. The SMILES string of the molecule is CCN(C(=O)CCCOc1ccc(Cl)c(C)c1)c1ccc(Br)cn1. The molecule has 4 nitrogen and oxygen atoms in total. The highest BCUT2D eigenvalue weighted by atomic mass is 79.9. The lowest BCUT2D eigenvalue weighted by atomic mass is 10.2. The van der Waals surface area contributed by atoms with Crippen LogP contribution < -0.4 is 9.64 Å². The van der Waals surface area contributed by atoms with Crippen LogP contribution in [0.3, 0.4) is 0 Å². The first kappa shape index (κ1) is 18.7. The summed E-state index contributed by atoms with van der Waals surface area (Å²) in [5.41, 5.74) is 0.976. The van der Waals surface area contributed by atoms with Gasteiger partial charge in [0.25, 0.3) is 0 Å². The van der Waals surface area contributed by atoms with Crippen molar-refractivity contribution in [2.75, 3.05) is 18.1 Å². The van der Waals surface area contributed by atoms with Crippen molar-refractivity contribution >= 4 is 39.3 Å². The average molecular weight is 412 g/mol. The third kappa shape index (κ3) is 5.21. The molecule has 0 aliphatic heterocycles. The van der Waals surface area contributed by atoms with Crippen LogP contribution in [0.25, 0.3) is 0 Å². The molecule has 0 unspecified atom stereocenters. The van der Waals surface area contributed by atoms with Crippen LogP contribution in [0, 0.1) is 6.92 Å². The highest BCUT2D eigenvalue weighted by Gasteiger charge is 2.14. The summed E-state index contributed by atoms with van der Waals surface area (Å²) in [7, 11) is 0. The van der Waals surface area contributed by atoms with Gasteiger partial charge in [0.15, 0.2) is 0 Å². The molecule has 1 aromatic carbocycles. The summed E-state index contributed by atoms with van der Waals surface area (Å²) < 4.78 is 6.57. The van der Waals surface area contributed by atoms with Crippen LogP contribution in [0.15, 0.2) is 41.0 Å². The molecule has 0 spiro atoms. The van der Waals surface area contributed by atoms with Crippen LogP contribution in [0.5, 0.6) is 5.75 Å². The second-order valence-corrected chi connectivity index (χ2v) is 6.66. The number of anilines is 1. The Morgan fingerprint density at radius 1 is 1.33 bits per heavy atom. The number of carbonyl (C=O) groups excluding carboxylic acids is 1. The first-order valence-electron chi connectivity index (χ1n) is 7.82. The maximum absolute atomic E-state index is 12.4. The van der Waals surface area contributed by atoms with E-state index in [1.807, 2.05) is 44.2 Å². The Balaban J connectivity index is 1.83. The molecule has 0 bridgehead atoms. The number of carbonyl (C=O) groups is 1. The van der Waals surface area contributed by atoms with Crippen LogP contribution in [-0.4, -0.2) is 24.0 Å². The number of ether oxygens (including phenoxy) is 1. The number of pyridine rings is 1. The molecule has 6 heteroatoms. The largest absolute Gasteiger partial charge is 0.494 e. The van der Waals surface area contributed by atoms with Crippen LogP contribution in [0.1, 0.15) is 25.3 Å². The highest BCUT2D eigenvalue weighted by Crippen LogP contribution is 2.21. The van der Waals surface area contributed by atoms with E-state index in [4.69, 9.17) is 16.3 Å². The minimum atomic E-state index is 0.0446. The molecule has 0 fully saturated rings. The van der Waals surface area contributed by atoms with Crippen LogP contribution >= 0.6 is 27.5 Å². The lowest BCUT2D eigenvalue weighted by Gasteiger charge is -2.20. The number of amides is 1. The predicted octanol–water partition coefficient (Wildman–Crippen LogP) is 5.02. The predicted molar refractivity (Wildman–Crippen MR) is 101 cm³/mol. The van der Waals surface area contributed by atoms with Gasteiger partial charge in [-0.3, -0.25) is 9.69 Å². The van der Waals surface area contributed by atoms with Gasteiger partial charge in [-0.2, -0.15) is 0 Å². The summed E-state index contributed by atoms with van der Waals surface area (Å²) in [4.78, 5) is 18.3. The molecule has 2 aromatic rings. The van der Waals surface area contributed by atoms with Crippen LogP contribution in [-0.2, 0) is 4.79 Å². The summed E-state index contributed by atoms with van der Waals surface area (Å²) in [6.45, 7) is 4.94. The van der Waals surface area contributed by atoms with Gasteiger partial charge < -0.3 is 4.74 Å². The lowest BCUT2D eigenvalue weighted by molar-refractivity contribution is -0.118. The number of benzene rings is 1. The molecule has 0 N–H and O–H groups in total. The van der Waals surface area contributed by atoms with Gasteiger partial charge in [0.2, 0.25) is 5.91 Å². The first-order valence-corrected chi connectivity index (χ1v) is 8.99. The second-order valence-electron chi connectivity index (χ2n) is 5.34. The molecular formula is C18H20BrClN2O2. The van der Waals surface area contributed by atoms with Crippen molar-refractivity contribution in [2.24, 2.45) is 0 Å². The fourth-order valence-corrected chi connectivity index (χ4v) is 2.60. The third-order valence-electron chi connectivity index (χ3n) is 3.54. The van der Waals surface area contributed by atoms with Crippen molar-refractivity contribution in [1.82, 2.24) is 4.98 Å². The summed E-state index contributed by atoms with van der Waals surface area (Å²) in [5, 5.41) is 0.720. The molecule has 24 heavy (non-hydrogen) atoms. The van der Waals surface area contributed by atoms with Crippen molar-refractivity contribution < 1.29 is 9.53 Å². The highest BCUT2D eigenvalue weighted by molar-refractivity contribution is 9.10. The monoisotopic (exact) mass is 410 g/mol. The summed E-state index contributed by atoms with van der Waals surface area (Å²) >= 11 is 9.33. The number of nitrogens with zero attached hydrogens (tertiary/aromatic N) is 2. The van der Waals surface area contributed by atoms with E-state index in [2.05, 4.69) is 20.9 Å². The van der Waals surface area contributed by atoms with Crippen LogP contribution in [0.4, 0.5) is 5.82 Å². The molecular weight excluding hydrogens is 392 g/mol. The Morgan fingerprint density at radius 2 is 2.12 bits per heavy atom. The van der Waals surface area contributed by atoms with Crippen molar-refractivity contribution in [1.29, 1.82) is 0 Å². The van der Waals surface area contributed by atoms with Crippen LogP contribution in [0.2, 0.25) is 5.02 Å².